The van der Waals surface area contributed by atoms with Gasteiger partial charge in [-0.1, -0.05) is 26.0 Å². The number of allylic oxidation sites excluding steroid dienone is 2. The van der Waals surface area contributed by atoms with Gasteiger partial charge in [-0.05, 0) is 85.9 Å². The van der Waals surface area contributed by atoms with E-state index in [1.165, 1.54) is 51.4 Å². The van der Waals surface area contributed by atoms with E-state index in [0.717, 1.165) is 23.7 Å². The first-order chi connectivity index (χ1) is 9.56. The first-order valence-electron chi connectivity index (χ1n) is 8.96. The van der Waals surface area contributed by atoms with Crippen molar-refractivity contribution in [1.29, 1.82) is 0 Å². The van der Waals surface area contributed by atoms with E-state index in [1.807, 2.05) is 0 Å². The zero-order valence-electron chi connectivity index (χ0n) is 13.3. The van der Waals surface area contributed by atoms with Crippen molar-refractivity contribution in [3.63, 3.8) is 0 Å². The van der Waals surface area contributed by atoms with Crippen LogP contribution in [0.1, 0.15) is 65.2 Å². The lowest BCUT2D eigenvalue weighted by Gasteiger charge is -2.59. The molecule has 20 heavy (non-hydrogen) atoms. The van der Waals surface area contributed by atoms with Crippen LogP contribution in [0.15, 0.2) is 12.2 Å². The van der Waals surface area contributed by atoms with Crippen LogP contribution in [0.4, 0.5) is 0 Å². The van der Waals surface area contributed by atoms with E-state index >= 15 is 0 Å². The molecule has 0 aromatic carbocycles. The lowest BCUT2D eigenvalue weighted by Crippen LogP contribution is -2.53. The molecule has 4 aliphatic carbocycles. The van der Waals surface area contributed by atoms with Gasteiger partial charge in [-0.25, -0.2) is 0 Å². The monoisotopic (exact) mass is 273 g/mol. The highest BCUT2D eigenvalue weighted by atomic mass is 14.8. The molecule has 0 aromatic rings. The summed E-state index contributed by atoms with van der Waals surface area (Å²) in [6, 6.07) is 0.477. The third-order valence-electron chi connectivity index (χ3n) is 8.28. The standard InChI is InChI=1S/C19H31N/c1-18-11-4-3-5-13(18)6-7-14-15-8-9-17(20)19(15,2)12-10-16(14)18/h3-4,13-17H,5-12,20H2,1-2H3/t13-,14+,15+,16+,17?,18+,19+/m1/s1. The molecule has 0 spiro atoms. The van der Waals surface area contributed by atoms with Crippen LogP contribution in [-0.2, 0) is 0 Å². The molecule has 0 heterocycles. The molecular formula is C19H31N. The van der Waals surface area contributed by atoms with Crippen LogP contribution in [0.5, 0.6) is 0 Å². The summed E-state index contributed by atoms with van der Waals surface area (Å²) >= 11 is 0. The number of nitrogens with two attached hydrogens (primary N) is 1. The molecule has 3 fully saturated rings. The van der Waals surface area contributed by atoms with Crippen molar-refractivity contribution in [2.45, 2.75) is 71.3 Å². The molecule has 2 N–H and O–H groups in total. The molecule has 7 atom stereocenters. The van der Waals surface area contributed by atoms with Crippen LogP contribution in [0.3, 0.4) is 0 Å². The van der Waals surface area contributed by atoms with Crippen LogP contribution in [0.2, 0.25) is 0 Å². The summed E-state index contributed by atoms with van der Waals surface area (Å²) in [6.45, 7) is 5.14. The van der Waals surface area contributed by atoms with Gasteiger partial charge in [0.1, 0.15) is 0 Å². The van der Waals surface area contributed by atoms with Gasteiger partial charge in [-0.3, -0.25) is 0 Å². The SMILES string of the molecule is C[C@]12CC=CC[C@@H]1CC[C@@H]1[C@@H]2CC[C@]2(C)C(N)CC[C@@H]12. The van der Waals surface area contributed by atoms with E-state index in [0.29, 0.717) is 16.9 Å². The third kappa shape index (κ3) is 1.59. The highest BCUT2D eigenvalue weighted by molar-refractivity contribution is 5.12. The van der Waals surface area contributed by atoms with E-state index in [4.69, 9.17) is 5.73 Å². The average Bonchev–Trinajstić information content (AvgIpc) is 2.74. The summed E-state index contributed by atoms with van der Waals surface area (Å²) in [5, 5.41) is 0. The Morgan fingerprint density at radius 1 is 0.900 bits per heavy atom. The van der Waals surface area contributed by atoms with E-state index in [9.17, 15) is 0 Å². The zero-order chi connectivity index (χ0) is 14.0. The Kier molecular flexibility index (Phi) is 2.91. The molecule has 0 amide bonds. The largest absolute Gasteiger partial charge is 0.327 e. The van der Waals surface area contributed by atoms with Gasteiger partial charge >= 0.3 is 0 Å². The normalized spacial score (nSPS) is 57.9. The summed E-state index contributed by atoms with van der Waals surface area (Å²) in [6.07, 6.45) is 16.1. The van der Waals surface area contributed by atoms with Crippen molar-refractivity contribution in [3.05, 3.63) is 12.2 Å². The third-order valence-corrected chi connectivity index (χ3v) is 8.28. The molecule has 0 saturated heterocycles. The number of rotatable bonds is 0. The number of fused-ring (bicyclic) bond motifs is 5. The molecule has 4 rings (SSSR count). The maximum Gasteiger partial charge on any atom is 0.00957 e. The van der Waals surface area contributed by atoms with E-state index in [-0.39, 0.29) is 0 Å². The van der Waals surface area contributed by atoms with Gasteiger partial charge in [0.15, 0.2) is 0 Å². The molecule has 4 aliphatic rings. The minimum atomic E-state index is 0.467. The summed E-state index contributed by atoms with van der Waals surface area (Å²) in [5.41, 5.74) is 7.57. The smallest absolute Gasteiger partial charge is 0.00957 e. The maximum absolute atomic E-state index is 6.50. The Hall–Kier alpha value is -0.300. The van der Waals surface area contributed by atoms with Gasteiger partial charge in [-0.2, -0.15) is 0 Å². The minimum absolute atomic E-state index is 0.467. The summed E-state index contributed by atoms with van der Waals surface area (Å²) < 4.78 is 0. The van der Waals surface area contributed by atoms with Crippen molar-refractivity contribution in [3.8, 4) is 0 Å². The molecular weight excluding hydrogens is 242 g/mol. The molecule has 3 saturated carbocycles. The van der Waals surface area contributed by atoms with Gasteiger partial charge in [0.25, 0.3) is 0 Å². The molecule has 0 aliphatic heterocycles. The summed E-state index contributed by atoms with van der Waals surface area (Å²) in [4.78, 5) is 0. The van der Waals surface area contributed by atoms with Gasteiger partial charge < -0.3 is 5.73 Å². The second-order valence-electron chi connectivity index (χ2n) is 8.80. The fourth-order valence-corrected chi connectivity index (χ4v) is 6.88. The predicted octanol–water partition coefficient (Wildman–Crippen LogP) is 4.52. The van der Waals surface area contributed by atoms with E-state index in [1.54, 1.807) is 0 Å². The molecule has 1 unspecified atom stereocenters. The van der Waals surface area contributed by atoms with Crippen molar-refractivity contribution in [2.75, 3.05) is 0 Å². The molecule has 0 radical (unpaired) electrons. The van der Waals surface area contributed by atoms with Gasteiger partial charge in [0, 0.05) is 6.04 Å². The van der Waals surface area contributed by atoms with E-state index < -0.39 is 0 Å². The van der Waals surface area contributed by atoms with Gasteiger partial charge in [0.05, 0.1) is 0 Å². The second-order valence-corrected chi connectivity index (χ2v) is 8.80. The quantitative estimate of drug-likeness (QED) is 0.645. The average molecular weight is 273 g/mol. The van der Waals surface area contributed by atoms with Crippen LogP contribution in [0.25, 0.3) is 0 Å². The Morgan fingerprint density at radius 3 is 2.55 bits per heavy atom. The molecule has 1 nitrogen and oxygen atoms in total. The lowest BCUT2D eigenvalue weighted by molar-refractivity contribution is -0.0897. The lowest BCUT2D eigenvalue weighted by atomic mass is 9.46. The molecule has 112 valence electrons. The Bertz CT molecular complexity index is 427. The Morgan fingerprint density at radius 2 is 1.70 bits per heavy atom. The maximum atomic E-state index is 6.50. The van der Waals surface area contributed by atoms with Crippen LogP contribution in [-0.4, -0.2) is 6.04 Å². The summed E-state index contributed by atoms with van der Waals surface area (Å²) in [5.74, 6) is 3.86. The van der Waals surface area contributed by atoms with Crippen LogP contribution in [0, 0.1) is 34.5 Å². The van der Waals surface area contributed by atoms with Crippen molar-refractivity contribution < 1.29 is 0 Å². The highest BCUT2D eigenvalue weighted by Crippen LogP contribution is 2.65. The van der Waals surface area contributed by atoms with Crippen molar-refractivity contribution in [2.24, 2.45) is 40.2 Å². The fourth-order valence-electron chi connectivity index (χ4n) is 6.88. The Labute approximate surface area is 124 Å². The number of hydrogen-bond donors (Lipinski definition) is 1. The van der Waals surface area contributed by atoms with E-state index in [2.05, 4.69) is 26.0 Å². The first-order valence-corrected chi connectivity index (χ1v) is 8.96. The predicted molar refractivity (Wildman–Crippen MR) is 84.2 cm³/mol. The van der Waals surface area contributed by atoms with Gasteiger partial charge in [0.2, 0.25) is 0 Å². The fraction of sp³-hybridized carbons (Fsp3) is 0.895. The second kappa shape index (κ2) is 4.35. The molecule has 0 bridgehead atoms. The van der Waals surface area contributed by atoms with Crippen molar-refractivity contribution >= 4 is 0 Å². The Balaban J connectivity index is 1.66. The van der Waals surface area contributed by atoms with Crippen LogP contribution >= 0.6 is 0 Å². The zero-order valence-corrected chi connectivity index (χ0v) is 13.3. The molecule has 1 heteroatoms. The first kappa shape index (κ1) is 13.4. The molecule has 0 aromatic heterocycles. The van der Waals surface area contributed by atoms with Crippen molar-refractivity contribution in [1.82, 2.24) is 0 Å². The summed E-state index contributed by atoms with van der Waals surface area (Å²) in [7, 11) is 0. The topological polar surface area (TPSA) is 26.0 Å². The highest BCUT2D eigenvalue weighted by Gasteiger charge is 2.58. The minimum Gasteiger partial charge on any atom is -0.327 e. The number of hydrogen-bond acceptors (Lipinski definition) is 1. The van der Waals surface area contributed by atoms with Gasteiger partial charge in [-0.15, -0.1) is 0 Å². The van der Waals surface area contributed by atoms with Crippen LogP contribution < -0.4 is 5.73 Å².